The third-order valence-electron chi connectivity index (χ3n) is 5.75. The number of hydrogen-bond donors (Lipinski definition) is 0. The molecule has 2 fully saturated rings. The van der Waals surface area contributed by atoms with Crippen LogP contribution < -0.4 is 0 Å². The number of pyridine rings is 1. The summed E-state index contributed by atoms with van der Waals surface area (Å²) < 4.78 is 18.8. The van der Waals surface area contributed by atoms with Gasteiger partial charge in [-0.25, -0.2) is 4.39 Å². The van der Waals surface area contributed by atoms with Gasteiger partial charge in [0.05, 0.1) is 19.8 Å². The Labute approximate surface area is 171 Å². The van der Waals surface area contributed by atoms with Crippen LogP contribution in [0, 0.1) is 5.82 Å². The van der Waals surface area contributed by atoms with Gasteiger partial charge >= 0.3 is 0 Å². The molecule has 6 heteroatoms. The van der Waals surface area contributed by atoms with Crippen molar-refractivity contribution in [3.8, 4) is 0 Å². The summed E-state index contributed by atoms with van der Waals surface area (Å²) in [5, 5.41) is 0. The highest BCUT2D eigenvalue weighted by Gasteiger charge is 2.26. The lowest BCUT2D eigenvalue weighted by atomic mass is 9.94. The van der Waals surface area contributed by atoms with Crippen molar-refractivity contribution in [3.63, 3.8) is 0 Å². The first-order valence-corrected chi connectivity index (χ1v) is 10.5. The number of likely N-dealkylation sites (tertiary alicyclic amines) is 1. The Hall–Kier alpha value is -2.31. The number of ether oxygens (including phenoxy) is 1. The molecule has 2 aliphatic rings. The zero-order chi connectivity index (χ0) is 20.1. The van der Waals surface area contributed by atoms with Crippen LogP contribution in [-0.2, 0) is 16.0 Å². The van der Waals surface area contributed by atoms with Crippen molar-refractivity contribution >= 4 is 5.91 Å². The van der Waals surface area contributed by atoms with Gasteiger partial charge in [0.1, 0.15) is 5.82 Å². The fraction of sp³-hybridized carbons (Fsp3) is 0.478. The maximum Gasteiger partial charge on any atom is 0.236 e. The van der Waals surface area contributed by atoms with E-state index < -0.39 is 0 Å². The number of halogens is 1. The zero-order valence-electron chi connectivity index (χ0n) is 16.7. The highest BCUT2D eigenvalue weighted by molar-refractivity contribution is 5.78. The molecule has 2 saturated heterocycles. The van der Waals surface area contributed by atoms with Crippen LogP contribution >= 0.6 is 0 Å². The molecule has 154 valence electrons. The van der Waals surface area contributed by atoms with E-state index in [-0.39, 0.29) is 11.7 Å². The first-order valence-electron chi connectivity index (χ1n) is 10.5. The fourth-order valence-corrected chi connectivity index (χ4v) is 4.22. The Kier molecular flexibility index (Phi) is 6.52. The second-order valence-corrected chi connectivity index (χ2v) is 7.93. The fourth-order valence-electron chi connectivity index (χ4n) is 4.22. The van der Waals surface area contributed by atoms with Crippen molar-refractivity contribution in [1.29, 1.82) is 0 Å². The summed E-state index contributed by atoms with van der Waals surface area (Å²) in [6, 6.07) is 12.8. The van der Waals surface area contributed by atoms with Gasteiger partial charge in [-0.2, -0.15) is 0 Å². The van der Waals surface area contributed by atoms with Crippen LogP contribution in [0.25, 0.3) is 0 Å². The van der Waals surface area contributed by atoms with Gasteiger partial charge in [0.15, 0.2) is 0 Å². The van der Waals surface area contributed by atoms with E-state index in [2.05, 4.69) is 11.0 Å². The lowest BCUT2D eigenvalue weighted by Gasteiger charge is -2.34. The van der Waals surface area contributed by atoms with Crippen LogP contribution in [0.5, 0.6) is 0 Å². The molecular formula is C23H28FN3O2. The quantitative estimate of drug-likeness (QED) is 0.778. The van der Waals surface area contributed by atoms with E-state index in [9.17, 15) is 9.18 Å². The number of carbonyl (C=O) groups excluding carboxylic acids is 1. The molecule has 0 bridgehead atoms. The monoisotopic (exact) mass is 397 g/mol. The van der Waals surface area contributed by atoms with Crippen LogP contribution in [0.15, 0.2) is 42.5 Å². The van der Waals surface area contributed by atoms with Crippen LogP contribution in [-0.4, -0.2) is 66.6 Å². The Morgan fingerprint density at radius 1 is 1.14 bits per heavy atom. The average Bonchev–Trinajstić information content (AvgIpc) is 2.75. The maximum atomic E-state index is 13.5. The highest BCUT2D eigenvalue weighted by Crippen LogP contribution is 2.26. The molecule has 1 aromatic carbocycles. The number of rotatable bonds is 5. The smallest absolute Gasteiger partial charge is 0.236 e. The van der Waals surface area contributed by atoms with Crippen molar-refractivity contribution in [1.82, 2.24) is 14.8 Å². The van der Waals surface area contributed by atoms with Crippen molar-refractivity contribution in [2.75, 3.05) is 45.9 Å². The standard InChI is InChI=1S/C23H28FN3O2/c24-20-6-1-4-18(14-20)15-21-7-2-8-22(25-21)19-5-3-9-26(16-19)17-23(28)27-10-12-29-13-11-27/h1-2,4,6-8,14,19H,3,5,9-13,15-17H2/t19-/m0/s1. The minimum Gasteiger partial charge on any atom is -0.378 e. The number of carbonyl (C=O) groups is 1. The molecule has 0 radical (unpaired) electrons. The Morgan fingerprint density at radius 2 is 1.97 bits per heavy atom. The second-order valence-electron chi connectivity index (χ2n) is 7.93. The van der Waals surface area contributed by atoms with Gasteiger partial charge in [-0.15, -0.1) is 0 Å². The summed E-state index contributed by atoms with van der Waals surface area (Å²) >= 11 is 0. The highest BCUT2D eigenvalue weighted by atomic mass is 19.1. The molecule has 29 heavy (non-hydrogen) atoms. The van der Waals surface area contributed by atoms with Gasteiger partial charge < -0.3 is 9.64 Å². The van der Waals surface area contributed by atoms with Crippen molar-refractivity contribution in [2.45, 2.75) is 25.2 Å². The summed E-state index contributed by atoms with van der Waals surface area (Å²) in [4.78, 5) is 21.6. The molecule has 0 unspecified atom stereocenters. The molecule has 2 aromatic rings. The summed E-state index contributed by atoms with van der Waals surface area (Å²) in [6.07, 6.45) is 2.77. The summed E-state index contributed by atoms with van der Waals surface area (Å²) in [6.45, 7) is 4.94. The molecule has 0 spiro atoms. The number of benzene rings is 1. The number of morpholine rings is 1. The van der Waals surface area contributed by atoms with Crippen molar-refractivity contribution in [3.05, 3.63) is 65.2 Å². The minimum atomic E-state index is -0.216. The number of aromatic nitrogens is 1. The Bertz CT molecular complexity index is 838. The molecule has 2 aliphatic heterocycles. The zero-order valence-corrected chi connectivity index (χ0v) is 16.7. The molecule has 0 aliphatic carbocycles. The molecule has 1 aromatic heterocycles. The molecule has 5 nitrogen and oxygen atoms in total. The predicted octanol–water partition coefficient (Wildman–Crippen LogP) is 2.85. The van der Waals surface area contributed by atoms with Crippen molar-refractivity contribution < 1.29 is 13.9 Å². The molecule has 0 N–H and O–H groups in total. The Morgan fingerprint density at radius 3 is 2.79 bits per heavy atom. The second kappa shape index (κ2) is 9.46. The lowest BCUT2D eigenvalue weighted by Crippen LogP contribution is -2.47. The average molecular weight is 397 g/mol. The third-order valence-corrected chi connectivity index (χ3v) is 5.75. The first kappa shape index (κ1) is 20.0. The topological polar surface area (TPSA) is 45.7 Å². The molecule has 1 atom stereocenters. The van der Waals surface area contributed by atoms with E-state index in [0.717, 1.165) is 42.9 Å². The lowest BCUT2D eigenvalue weighted by molar-refractivity contribution is -0.136. The van der Waals surface area contributed by atoms with E-state index >= 15 is 0 Å². The molecule has 3 heterocycles. The normalized spacial score (nSPS) is 20.6. The molecule has 4 rings (SSSR count). The van der Waals surface area contributed by atoms with Gasteiger partial charge in [0.25, 0.3) is 0 Å². The van der Waals surface area contributed by atoms with Gasteiger partial charge in [-0.05, 0) is 49.2 Å². The first-order chi connectivity index (χ1) is 14.2. The summed E-state index contributed by atoms with van der Waals surface area (Å²) in [5.41, 5.74) is 2.95. The van der Waals surface area contributed by atoms with Gasteiger partial charge in [-0.3, -0.25) is 14.7 Å². The Balaban J connectivity index is 1.38. The van der Waals surface area contributed by atoms with Crippen molar-refractivity contribution in [2.24, 2.45) is 0 Å². The van der Waals surface area contributed by atoms with Gasteiger partial charge in [0.2, 0.25) is 5.91 Å². The van der Waals surface area contributed by atoms with E-state index in [1.165, 1.54) is 6.07 Å². The van der Waals surface area contributed by atoms with E-state index in [1.54, 1.807) is 12.1 Å². The summed E-state index contributed by atoms with van der Waals surface area (Å²) in [7, 11) is 0. The number of hydrogen-bond acceptors (Lipinski definition) is 4. The van der Waals surface area contributed by atoms with E-state index in [1.807, 2.05) is 23.1 Å². The minimum absolute atomic E-state index is 0.196. The molecular weight excluding hydrogens is 369 g/mol. The number of amides is 1. The molecule has 1 amide bonds. The maximum absolute atomic E-state index is 13.5. The van der Waals surface area contributed by atoms with Gasteiger partial charge in [0, 0.05) is 43.4 Å². The predicted molar refractivity (Wildman–Crippen MR) is 109 cm³/mol. The van der Waals surface area contributed by atoms with Crippen LogP contribution in [0.3, 0.4) is 0 Å². The third kappa shape index (κ3) is 5.40. The van der Waals surface area contributed by atoms with Crippen LogP contribution in [0.1, 0.15) is 35.7 Å². The largest absolute Gasteiger partial charge is 0.378 e. The summed E-state index contributed by atoms with van der Waals surface area (Å²) in [5.74, 6) is 0.307. The van der Waals surface area contributed by atoms with Gasteiger partial charge in [-0.1, -0.05) is 18.2 Å². The number of nitrogens with zero attached hydrogens (tertiary/aromatic N) is 3. The van der Waals surface area contributed by atoms with E-state index in [0.29, 0.717) is 45.2 Å². The number of piperidine rings is 1. The van der Waals surface area contributed by atoms with Crippen LogP contribution in [0.4, 0.5) is 4.39 Å². The van der Waals surface area contributed by atoms with Crippen LogP contribution in [0.2, 0.25) is 0 Å². The molecule has 0 saturated carbocycles. The van der Waals surface area contributed by atoms with E-state index in [4.69, 9.17) is 9.72 Å². The SMILES string of the molecule is O=C(CN1CCC[C@H](c2cccc(Cc3cccc(F)c3)n2)C1)N1CCOCC1.